The van der Waals surface area contributed by atoms with E-state index < -0.39 is 29.2 Å². The average Bonchev–Trinajstić information content (AvgIpc) is 2.33. The van der Waals surface area contributed by atoms with E-state index in [1.165, 1.54) is 0 Å². The molecule has 0 spiro atoms. The van der Waals surface area contributed by atoms with E-state index in [4.69, 9.17) is 5.11 Å². The second kappa shape index (κ2) is 6.83. The van der Waals surface area contributed by atoms with Crippen molar-refractivity contribution in [2.45, 2.75) is 18.3 Å². The molecule has 1 amide bonds. The molecule has 0 fully saturated rings. The maximum atomic E-state index is 11.9. The fourth-order valence-corrected chi connectivity index (χ4v) is 2.28. The third-order valence-electron chi connectivity index (χ3n) is 2.75. The fraction of sp³-hybridized carbons (Fsp3) is 0.636. The number of amides is 1. The molecule has 2 atom stereocenters. The molecular formula is C11H14F3NO3S. The van der Waals surface area contributed by atoms with Crippen LogP contribution >= 0.6 is 11.8 Å². The summed E-state index contributed by atoms with van der Waals surface area (Å²) >= 11 is -0.216. The first-order valence-corrected chi connectivity index (χ1v) is 6.66. The number of thioether (sulfide) groups is 1. The van der Waals surface area contributed by atoms with Crippen LogP contribution < -0.4 is 5.32 Å². The zero-order valence-electron chi connectivity index (χ0n) is 9.94. The SMILES string of the molecule is O=C(O)C1CC=CCC1C(=O)NCCSC(F)(F)F. The number of hydrogen-bond donors (Lipinski definition) is 2. The van der Waals surface area contributed by atoms with Crippen LogP contribution in [0.3, 0.4) is 0 Å². The van der Waals surface area contributed by atoms with Gasteiger partial charge in [0.25, 0.3) is 0 Å². The normalized spacial score (nSPS) is 23.1. The third-order valence-corrected chi connectivity index (χ3v) is 3.49. The zero-order chi connectivity index (χ0) is 14.5. The predicted molar refractivity (Wildman–Crippen MR) is 64.5 cm³/mol. The maximum Gasteiger partial charge on any atom is 0.441 e. The average molecular weight is 297 g/mol. The van der Waals surface area contributed by atoms with Gasteiger partial charge in [-0.05, 0) is 24.6 Å². The molecule has 4 nitrogen and oxygen atoms in total. The quantitative estimate of drug-likeness (QED) is 0.602. The molecule has 1 aliphatic carbocycles. The van der Waals surface area contributed by atoms with Crippen LogP contribution in [0.1, 0.15) is 12.8 Å². The van der Waals surface area contributed by atoms with E-state index in [9.17, 15) is 22.8 Å². The summed E-state index contributed by atoms with van der Waals surface area (Å²) in [6.07, 6.45) is 3.98. The van der Waals surface area contributed by atoms with Crippen molar-refractivity contribution in [1.29, 1.82) is 0 Å². The van der Waals surface area contributed by atoms with Gasteiger partial charge >= 0.3 is 11.5 Å². The minimum atomic E-state index is -4.32. The first kappa shape index (κ1) is 15.9. The van der Waals surface area contributed by atoms with Crippen LogP contribution in [0.15, 0.2) is 12.2 Å². The van der Waals surface area contributed by atoms with Crippen molar-refractivity contribution >= 4 is 23.6 Å². The minimum Gasteiger partial charge on any atom is -0.481 e. The lowest BCUT2D eigenvalue weighted by Gasteiger charge is -2.24. The Balaban J connectivity index is 2.40. The van der Waals surface area contributed by atoms with E-state index in [0.29, 0.717) is 6.42 Å². The van der Waals surface area contributed by atoms with Gasteiger partial charge in [-0.15, -0.1) is 0 Å². The number of carbonyl (C=O) groups excluding carboxylic acids is 1. The van der Waals surface area contributed by atoms with Gasteiger partial charge in [0.2, 0.25) is 5.91 Å². The first-order valence-electron chi connectivity index (χ1n) is 5.67. The Morgan fingerprint density at radius 1 is 1.26 bits per heavy atom. The lowest BCUT2D eigenvalue weighted by atomic mass is 9.82. The van der Waals surface area contributed by atoms with Crippen molar-refractivity contribution in [3.05, 3.63) is 12.2 Å². The van der Waals surface area contributed by atoms with Crippen molar-refractivity contribution in [2.24, 2.45) is 11.8 Å². The Bertz CT molecular complexity index is 371. The van der Waals surface area contributed by atoms with Gasteiger partial charge in [0, 0.05) is 12.3 Å². The minimum absolute atomic E-state index is 0.129. The highest BCUT2D eigenvalue weighted by atomic mass is 32.2. The highest BCUT2D eigenvalue weighted by Crippen LogP contribution is 2.29. The van der Waals surface area contributed by atoms with Crippen molar-refractivity contribution in [3.8, 4) is 0 Å². The molecule has 1 aliphatic rings. The number of nitrogens with one attached hydrogen (secondary N) is 1. The van der Waals surface area contributed by atoms with E-state index in [1.807, 2.05) is 0 Å². The number of carbonyl (C=O) groups is 2. The van der Waals surface area contributed by atoms with Crippen LogP contribution in [0, 0.1) is 11.8 Å². The van der Waals surface area contributed by atoms with Crippen LogP contribution in [0.5, 0.6) is 0 Å². The van der Waals surface area contributed by atoms with Gasteiger partial charge < -0.3 is 10.4 Å². The molecule has 0 aromatic rings. The summed E-state index contributed by atoms with van der Waals surface area (Å²) in [4.78, 5) is 22.7. The van der Waals surface area contributed by atoms with Gasteiger partial charge in [0.05, 0.1) is 11.8 Å². The molecule has 0 aliphatic heterocycles. The number of aliphatic carboxylic acids is 1. The molecule has 0 radical (unpaired) electrons. The number of carboxylic acid groups (broad SMARTS) is 1. The molecule has 0 bridgehead atoms. The van der Waals surface area contributed by atoms with Crippen LogP contribution in [-0.2, 0) is 9.59 Å². The number of halogens is 3. The van der Waals surface area contributed by atoms with Crippen molar-refractivity contribution in [1.82, 2.24) is 5.32 Å². The molecule has 0 saturated heterocycles. The molecule has 2 N–H and O–H groups in total. The molecule has 19 heavy (non-hydrogen) atoms. The largest absolute Gasteiger partial charge is 0.481 e. The molecule has 1 rings (SSSR count). The Morgan fingerprint density at radius 3 is 2.37 bits per heavy atom. The summed E-state index contributed by atoms with van der Waals surface area (Å²) in [5.41, 5.74) is -4.32. The second-order valence-corrected chi connectivity index (χ2v) is 5.24. The summed E-state index contributed by atoms with van der Waals surface area (Å²) in [6.45, 7) is -0.129. The molecule has 2 unspecified atom stereocenters. The lowest BCUT2D eigenvalue weighted by Crippen LogP contribution is -2.39. The highest BCUT2D eigenvalue weighted by Gasteiger charge is 2.34. The van der Waals surface area contributed by atoms with E-state index in [1.54, 1.807) is 12.2 Å². The van der Waals surface area contributed by atoms with Gasteiger partial charge in [0.15, 0.2) is 0 Å². The van der Waals surface area contributed by atoms with E-state index >= 15 is 0 Å². The Labute approximate surface area is 112 Å². The summed E-state index contributed by atoms with van der Waals surface area (Å²) in [5.74, 6) is -3.36. The lowest BCUT2D eigenvalue weighted by molar-refractivity contribution is -0.147. The molecule has 108 valence electrons. The van der Waals surface area contributed by atoms with Gasteiger partial charge in [-0.3, -0.25) is 9.59 Å². The van der Waals surface area contributed by atoms with E-state index in [0.717, 1.165) is 0 Å². The molecule has 0 aromatic heterocycles. The van der Waals surface area contributed by atoms with Crippen molar-refractivity contribution < 1.29 is 27.9 Å². The van der Waals surface area contributed by atoms with Gasteiger partial charge in [-0.2, -0.15) is 13.2 Å². The van der Waals surface area contributed by atoms with Gasteiger partial charge in [-0.1, -0.05) is 12.2 Å². The van der Waals surface area contributed by atoms with Crippen LogP contribution in [0.25, 0.3) is 0 Å². The second-order valence-electron chi connectivity index (χ2n) is 4.08. The third kappa shape index (κ3) is 5.54. The standard InChI is InChI=1S/C11H14F3NO3S/c12-11(13,14)19-6-5-15-9(16)7-3-1-2-4-8(7)10(17)18/h1-2,7-8H,3-6H2,(H,15,16)(H,17,18). The number of alkyl halides is 3. The smallest absolute Gasteiger partial charge is 0.441 e. The molecule has 8 heteroatoms. The number of carboxylic acids is 1. The Hall–Kier alpha value is -1.18. The first-order chi connectivity index (χ1) is 8.81. The van der Waals surface area contributed by atoms with Crippen LogP contribution in [0.4, 0.5) is 13.2 Å². The van der Waals surface area contributed by atoms with Gasteiger partial charge in [-0.25, -0.2) is 0 Å². The van der Waals surface area contributed by atoms with Crippen molar-refractivity contribution in [2.75, 3.05) is 12.3 Å². The van der Waals surface area contributed by atoms with Crippen molar-refractivity contribution in [3.63, 3.8) is 0 Å². The summed E-state index contributed by atoms with van der Waals surface area (Å²) in [6, 6.07) is 0. The predicted octanol–water partition coefficient (Wildman–Crippen LogP) is 2.02. The molecule has 0 aromatic carbocycles. The van der Waals surface area contributed by atoms with E-state index in [-0.39, 0.29) is 30.5 Å². The van der Waals surface area contributed by atoms with Crippen LogP contribution in [0.2, 0.25) is 0 Å². The molecular weight excluding hydrogens is 283 g/mol. The van der Waals surface area contributed by atoms with E-state index in [2.05, 4.69) is 5.32 Å². The monoisotopic (exact) mass is 297 g/mol. The highest BCUT2D eigenvalue weighted by molar-refractivity contribution is 8.00. The molecule has 0 heterocycles. The molecule has 0 saturated carbocycles. The maximum absolute atomic E-state index is 11.9. The Kier molecular flexibility index (Phi) is 5.71. The summed E-state index contributed by atoms with van der Waals surface area (Å²) < 4.78 is 35.6. The summed E-state index contributed by atoms with van der Waals surface area (Å²) in [5, 5.41) is 11.3. The van der Waals surface area contributed by atoms with Crippen LogP contribution in [-0.4, -0.2) is 34.8 Å². The van der Waals surface area contributed by atoms with Gasteiger partial charge in [0.1, 0.15) is 0 Å². The Morgan fingerprint density at radius 2 is 1.84 bits per heavy atom. The fourth-order valence-electron chi connectivity index (χ4n) is 1.85. The number of hydrogen-bond acceptors (Lipinski definition) is 3. The summed E-state index contributed by atoms with van der Waals surface area (Å²) in [7, 11) is 0. The number of rotatable bonds is 5. The number of allylic oxidation sites excluding steroid dienone is 2. The topological polar surface area (TPSA) is 66.4 Å². The zero-order valence-corrected chi connectivity index (χ0v) is 10.8.